The molecule has 0 heterocycles. The van der Waals surface area contributed by atoms with E-state index in [-0.39, 0.29) is 0 Å². The lowest BCUT2D eigenvalue weighted by atomic mass is 9.96. The summed E-state index contributed by atoms with van der Waals surface area (Å²) in [6.07, 6.45) is 9.40. The molecule has 94 valence electrons. The highest BCUT2D eigenvalue weighted by Gasteiger charge is 2.28. The van der Waals surface area contributed by atoms with Gasteiger partial charge in [0.1, 0.15) is 0 Å². The molecule has 2 aliphatic rings. The minimum absolute atomic E-state index is 0.397. The van der Waals surface area contributed by atoms with Crippen LogP contribution in [0.4, 0.5) is 0 Å². The molecule has 4 atom stereocenters. The average molecular weight is 225 g/mol. The Balaban J connectivity index is 1.67. The zero-order valence-corrected chi connectivity index (χ0v) is 10.6. The summed E-state index contributed by atoms with van der Waals surface area (Å²) in [6.45, 7) is 3.85. The molecule has 0 spiro atoms. The van der Waals surface area contributed by atoms with Crippen LogP contribution >= 0.6 is 0 Å². The molecule has 2 saturated carbocycles. The monoisotopic (exact) mass is 225 g/mol. The Bertz CT molecular complexity index is 207. The van der Waals surface area contributed by atoms with Crippen molar-refractivity contribution in [2.24, 2.45) is 17.8 Å². The number of aliphatic hydroxyl groups is 1. The van der Waals surface area contributed by atoms with E-state index in [0.717, 1.165) is 24.4 Å². The molecule has 0 aromatic heterocycles. The Labute approximate surface area is 99.8 Å². The highest BCUT2D eigenvalue weighted by atomic mass is 16.3. The topological polar surface area (TPSA) is 32.3 Å². The molecule has 0 saturated heterocycles. The first-order chi connectivity index (χ1) is 7.83. The molecule has 16 heavy (non-hydrogen) atoms. The number of hydrogen-bond acceptors (Lipinski definition) is 2. The first-order valence-electron chi connectivity index (χ1n) is 7.17. The van der Waals surface area contributed by atoms with Gasteiger partial charge in [-0.3, -0.25) is 0 Å². The van der Waals surface area contributed by atoms with Gasteiger partial charge in [-0.25, -0.2) is 0 Å². The molecule has 2 aliphatic carbocycles. The predicted molar refractivity (Wildman–Crippen MR) is 67.3 cm³/mol. The van der Waals surface area contributed by atoms with Gasteiger partial charge in [0.05, 0.1) is 0 Å². The SMILES string of the molecule is CCC1CCC(NCC2CCCC2CO)C1. The summed E-state index contributed by atoms with van der Waals surface area (Å²) in [5, 5.41) is 13.0. The summed E-state index contributed by atoms with van der Waals surface area (Å²) in [7, 11) is 0. The van der Waals surface area contributed by atoms with Crippen molar-refractivity contribution in [2.75, 3.05) is 13.2 Å². The van der Waals surface area contributed by atoms with Crippen molar-refractivity contribution in [3.05, 3.63) is 0 Å². The Kier molecular flexibility index (Phi) is 4.66. The molecule has 4 unspecified atom stereocenters. The van der Waals surface area contributed by atoms with Gasteiger partial charge >= 0.3 is 0 Å². The minimum Gasteiger partial charge on any atom is -0.396 e. The Hall–Kier alpha value is -0.0800. The second kappa shape index (κ2) is 6.02. The van der Waals surface area contributed by atoms with E-state index in [4.69, 9.17) is 0 Å². The van der Waals surface area contributed by atoms with Gasteiger partial charge in [0.25, 0.3) is 0 Å². The third-order valence-electron chi connectivity index (χ3n) is 4.84. The third kappa shape index (κ3) is 2.98. The lowest BCUT2D eigenvalue weighted by Gasteiger charge is -2.21. The zero-order chi connectivity index (χ0) is 11.4. The maximum atomic E-state index is 9.28. The fourth-order valence-corrected chi connectivity index (χ4v) is 3.57. The van der Waals surface area contributed by atoms with Crippen LogP contribution in [0.15, 0.2) is 0 Å². The number of hydrogen-bond donors (Lipinski definition) is 2. The fraction of sp³-hybridized carbons (Fsp3) is 1.00. The largest absolute Gasteiger partial charge is 0.396 e. The number of nitrogens with one attached hydrogen (secondary N) is 1. The van der Waals surface area contributed by atoms with Crippen molar-refractivity contribution >= 4 is 0 Å². The van der Waals surface area contributed by atoms with Gasteiger partial charge in [0.15, 0.2) is 0 Å². The smallest absolute Gasteiger partial charge is 0.0462 e. The number of aliphatic hydroxyl groups excluding tert-OH is 1. The highest BCUT2D eigenvalue weighted by molar-refractivity contribution is 4.84. The highest BCUT2D eigenvalue weighted by Crippen LogP contribution is 2.32. The van der Waals surface area contributed by atoms with Crippen molar-refractivity contribution in [2.45, 2.75) is 57.9 Å². The van der Waals surface area contributed by atoms with E-state index in [9.17, 15) is 5.11 Å². The van der Waals surface area contributed by atoms with Crippen LogP contribution in [0.1, 0.15) is 51.9 Å². The molecular formula is C14H27NO. The van der Waals surface area contributed by atoms with E-state index < -0.39 is 0 Å². The van der Waals surface area contributed by atoms with E-state index in [0.29, 0.717) is 12.5 Å². The second-order valence-electron chi connectivity index (χ2n) is 5.83. The molecular weight excluding hydrogens is 198 g/mol. The zero-order valence-electron chi connectivity index (χ0n) is 10.6. The van der Waals surface area contributed by atoms with E-state index in [1.54, 1.807) is 0 Å². The maximum Gasteiger partial charge on any atom is 0.0462 e. The van der Waals surface area contributed by atoms with Gasteiger partial charge in [-0.2, -0.15) is 0 Å². The third-order valence-corrected chi connectivity index (χ3v) is 4.84. The van der Waals surface area contributed by atoms with E-state index >= 15 is 0 Å². The standard InChI is InChI=1S/C14H27NO/c1-2-11-6-7-14(8-11)15-9-12-4-3-5-13(12)10-16/h11-16H,2-10H2,1H3. The molecule has 0 bridgehead atoms. The summed E-state index contributed by atoms with van der Waals surface area (Å²) >= 11 is 0. The number of rotatable bonds is 5. The van der Waals surface area contributed by atoms with Crippen LogP contribution in [0, 0.1) is 17.8 Å². The van der Waals surface area contributed by atoms with Crippen LogP contribution in [0.3, 0.4) is 0 Å². The van der Waals surface area contributed by atoms with Crippen LogP contribution in [0.2, 0.25) is 0 Å². The molecule has 0 aromatic rings. The quantitative estimate of drug-likeness (QED) is 0.753. The van der Waals surface area contributed by atoms with Crippen molar-refractivity contribution in [1.29, 1.82) is 0 Å². The van der Waals surface area contributed by atoms with Gasteiger partial charge in [-0.05, 0) is 56.4 Å². The van der Waals surface area contributed by atoms with Crippen LogP contribution in [-0.2, 0) is 0 Å². The van der Waals surface area contributed by atoms with E-state index in [2.05, 4.69) is 12.2 Å². The van der Waals surface area contributed by atoms with Gasteiger partial charge in [-0.1, -0.05) is 19.8 Å². The summed E-state index contributed by atoms with van der Waals surface area (Å²) in [6, 6.07) is 0.768. The second-order valence-corrected chi connectivity index (χ2v) is 5.83. The molecule has 2 N–H and O–H groups in total. The minimum atomic E-state index is 0.397. The lowest BCUT2D eigenvalue weighted by molar-refractivity contribution is 0.190. The molecule has 0 amide bonds. The molecule has 0 aliphatic heterocycles. The molecule has 2 rings (SSSR count). The lowest BCUT2D eigenvalue weighted by Crippen LogP contribution is -2.33. The summed E-state index contributed by atoms with van der Waals surface area (Å²) in [5.74, 6) is 2.29. The average Bonchev–Trinajstić information content (AvgIpc) is 2.94. The van der Waals surface area contributed by atoms with Crippen LogP contribution in [0.25, 0.3) is 0 Å². The van der Waals surface area contributed by atoms with Crippen LogP contribution in [-0.4, -0.2) is 24.3 Å². The van der Waals surface area contributed by atoms with Crippen molar-refractivity contribution in [3.63, 3.8) is 0 Å². The summed E-state index contributed by atoms with van der Waals surface area (Å²) in [5.41, 5.74) is 0. The van der Waals surface area contributed by atoms with Crippen molar-refractivity contribution in [1.82, 2.24) is 5.32 Å². The van der Waals surface area contributed by atoms with E-state index in [1.165, 1.54) is 44.9 Å². The fourth-order valence-electron chi connectivity index (χ4n) is 3.57. The Morgan fingerprint density at radius 2 is 1.94 bits per heavy atom. The first-order valence-corrected chi connectivity index (χ1v) is 7.17. The Morgan fingerprint density at radius 3 is 2.62 bits per heavy atom. The molecule has 0 aromatic carbocycles. The maximum absolute atomic E-state index is 9.28. The summed E-state index contributed by atoms with van der Waals surface area (Å²) < 4.78 is 0. The first kappa shape index (κ1) is 12.4. The van der Waals surface area contributed by atoms with Gasteiger partial charge in [-0.15, -0.1) is 0 Å². The van der Waals surface area contributed by atoms with Crippen LogP contribution in [0.5, 0.6) is 0 Å². The van der Waals surface area contributed by atoms with Gasteiger partial charge in [0.2, 0.25) is 0 Å². The van der Waals surface area contributed by atoms with E-state index in [1.807, 2.05) is 0 Å². The van der Waals surface area contributed by atoms with Crippen molar-refractivity contribution in [3.8, 4) is 0 Å². The van der Waals surface area contributed by atoms with Gasteiger partial charge in [0, 0.05) is 12.6 Å². The molecule has 2 heteroatoms. The van der Waals surface area contributed by atoms with Gasteiger partial charge < -0.3 is 10.4 Å². The Morgan fingerprint density at radius 1 is 1.12 bits per heavy atom. The normalized spacial score (nSPS) is 39.4. The molecule has 2 nitrogen and oxygen atoms in total. The van der Waals surface area contributed by atoms with Crippen LogP contribution < -0.4 is 5.32 Å². The summed E-state index contributed by atoms with van der Waals surface area (Å²) in [4.78, 5) is 0. The van der Waals surface area contributed by atoms with Crippen molar-refractivity contribution < 1.29 is 5.11 Å². The molecule has 2 fully saturated rings. The molecule has 0 radical (unpaired) electrons. The predicted octanol–water partition coefficient (Wildman–Crippen LogP) is 2.56.